The number of nitrogens with one attached hydrogen (secondary N) is 2. The van der Waals surface area contributed by atoms with Crippen molar-refractivity contribution in [1.82, 2.24) is 5.32 Å². The number of carbonyl (C=O) groups is 1. The van der Waals surface area contributed by atoms with Gasteiger partial charge >= 0.3 is 0 Å². The lowest BCUT2D eigenvalue weighted by Crippen LogP contribution is -2.46. The molecule has 1 saturated heterocycles. The molecule has 1 aromatic rings. The van der Waals surface area contributed by atoms with Gasteiger partial charge in [0, 0.05) is 12.2 Å². The molecule has 1 unspecified atom stereocenters. The molecule has 1 heterocycles. The molecule has 0 bridgehead atoms. The maximum Gasteiger partial charge on any atom is 0.231 e. The normalized spacial score (nSPS) is 23.7. The third-order valence-corrected chi connectivity index (χ3v) is 4.06. The first-order chi connectivity index (χ1) is 8.51. The highest BCUT2D eigenvalue weighted by Gasteiger charge is 2.34. The summed E-state index contributed by atoms with van der Waals surface area (Å²) in [6.45, 7) is 3.67. The van der Waals surface area contributed by atoms with Crippen LogP contribution >= 0.6 is 23.2 Å². The number of benzene rings is 1. The highest BCUT2D eigenvalue weighted by molar-refractivity contribution is 6.42. The summed E-state index contributed by atoms with van der Waals surface area (Å²) in [5, 5.41) is 7.08. The van der Waals surface area contributed by atoms with Crippen LogP contribution in [0.15, 0.2) is 18.2 Å². The molecule has 0 aliphatic carbocycles. The fourth-order valence-electron chi connectivity index (χ4n) is 2.11. The molecule has 3 nitrogen and oxygen atoms in total. The largest absolute Gasteiger partial charge is 0.326 e. The minimum absolute atomic E-state index is 0.0214. The van der Waals surface area contributed by atoms with Gasteiger partial charge in [0.15, 0.2) is 0 Å². The number of halogens is 2. The predicted octanol–water partition coefficient (Wildman–Crippen LogP) is 3.32. The van der Waals surface area contributed by atoms with Gasteiger partial charge in [-0.25, -0.2) is 0 Å². The molecule has 2 rings (SSSR count). The number of amides is 1. The van der Waals surface area contributed by atoms with Crippen molar-refractivity contribution < 1.29 is 4.79 Å². The second-order valence-electron chi connectivity index (χ2n) is 4.92. The molecule has 1 amide bonds. The van der Waals surface area contributed by atoms with Gasteiger partial charge < -0.3 is 10.6 Å². The van der Waals surface area contributed by atoms with Gasteiger partial charge in [0.05, 0.1) is 15.5 Å². The van der Waals surface area contributed by atoms with Gasteiger partial charge in [0.25, 0.3) is 0 Å². The quantitative estimate of drug-likeness (QED) is 0.876. The third-order valence-electron chi connectivity index (χ3n) is 3.32. The third kappa shape index (κ3) is 2.97. The fraction of sp³-hybridized carbons (Fsp3) is 0.462. The van der Waals surface area contributed by atoms with Crippen LogP contribution in [0.2, 0.25) is 10.0 Å². The SMILES string of the molecule is CC1(C(=O)Nc2ccc(Cl)c(Cl)c2)CCCNC1. The molecule has 0 spiro atoms. The first-order valence-electron chi connectivity index (χ1n) is 5.98. The fourth-order valence-corrected chi connectivity index (χ4v) is 2.40. The predicted molar refractivity (Wildman–Crippen MR) is 75.3 cm³/mol. The van der Waals surface area contributed by atoms with E-state index in [1.807, 2.05) is 6.92 Å². The van der Waals surface area contributed by atoms with Crippen molar-refractivity contribution in [2.75, 3.05) is 18.4 Å². The van der Waals surface area contributed by atoms with Crippen LogP contribution in [0.4, 0.5) is 5.69 Å². The van der Waals surface area contributed by atoms with E-state index >= 15 is 0 Å². The summed E-state index contributed by atoms with van der Waals surface area (Å²) < 4.78 is 0. The van der Waals surface area contributed by atoms with Gasteiger partial charge in [0.2, 0.25) is 5.91 Å². The van der Waals surface area contributed by atoms with E-state index in [2.05, 4.69) is 10.6 Å². The van der Waals surface area contributed by atoms with E-state index in [1.165, 1.54) is 0 Å². The second-order valence-corrected chi connectivity index (χ2v) is 5.74. The lowest BCUT2D eigenvalue weighted by atomic mass is 9.82. The Labute approximate surface area is 117 Å². The molecule has 0 radical (unpaired) electrons. The number of piperidine rings is 1. The summed E-state index contributed by atoms with van der Waals surface area (Å²) in [6.07, 6.45) is 1.92. The van der Waals surface area contributed by atoms with E-state index in [-0.39, 0.29) is 11.3 Å². The molecule has 1 aromatic carbocycles. The van der Waals surface area contributed by atoms with Crippen LogP contribution in [0.25, 0.3) is 0 Å². The molecule has 5 heteroatoms. The van der Waals surface area contributed by atoms with E-state index in [0.29, 0.717) is 22.3 Å². The van der Waals surface area contributed by atoms with Crippen molar-refractivity contribution in [3.8, 4) is 0 Å². The van der Waals surface area contributed by atoms with Crippen molar-refractivity contribution in [3.05, 3.63) is 28.2 Å². The number of rotatable bonds is 2. The molecule has 18 heavy (non-hydrogen) atoms. The van der Waals surface area contributed by atoms with Gasteiger partial charge in [-0.15, -0.1) is 0 Å². The van der Waals surface area contributed by atoms with Crippen LogP contribution in [-0.4, -0.2) is 19.0 Å². The van der Waals surface area contributed by atoms with Crippen LogP contribution in [-0.2, 0) is 4.79 Å². The first-order valence-corrected chi connectivity index (χ1v) is 6.74. The zero-order valence-corrected chi connectivity index (χ0v) is 11.7. The first kappa shape index (κ1) is 13.7. The van der Waals surface area contributed by atoms with Gasteiger partial charge in [-0.05, 0) is 44.5 Å². The average Bonchev–Trinajstić information content (AvgIpc) is 2.35. The highest BCUT2D eigenvalue weighted by atomic mass is 35.5. The lowest BCUT2D eigenvalue weighted by Gasteiger charge is -2.32. The minimum Gasteiger partial charge on any atom is -0.326 e. The number of hydrogen-bond donors (Lipinski definition) is 2. The topological polar surface area (TPSA) is 41.1 Å². The maximum atomic E-state index is 12.3. The summed E-state index contributed by atoms with van der Waals surface area (Å²) in [6, 6.07) is 5.11. The lowest BCUT2D eigenvalue weighted by molar-refractivity contribution is -0.125. The van der Waals surface area contributed by atoms with Crippen LogP contribution in [0.3, 0.4) is 0 Å². The molecule has 1 atom stereocenters. The van der Waals surface area contributed by atoms with Gasteiger partial charge in [-0.2, -0.15) is 0 Å². The van der Waals surface area contributed by atoms with Gasteiger partial charge in [-0.3, -0.25) is 4.79 Å². The van der Waals surface area contributed by atoms with E-state index in [0.717, 1.165) is 19.4 Å². The Kier molecular flexibility index (Phi) is 4.15. The standard InChI is InChI=1S/C13H16Cl2N2O/c1-13(5-2-6-16-8-13)12(18)17-9-3-4-10(14)11(15)7-9/h3-4,7,16H,2,5-6,8H2,1H3,(H,17,18). The Hall–Kier alpha value is -0.770. The molecule has 1 aliphatic heterocycles. The molecule has 0 saturated carbocycles. The Balaban J connectivity index is 2.08. The van der Waals surface area contributed by atoms with Crippen molar-refractivity contribution in [3.63, 3.8) is 0 Å². The molecule has 2 N–H and O–H groups in total. The molecular weight excluding hydrogens is 271 g/mol. The minimum atomic E-state index is -0.357. The van der Waals surface area contributed by atoms with Crippen molar-refractivity contribution >= 4 is 34.8 Å². The van der Waals surface area contributed by atoms with E-state index in [1.54, 1.807) is 18.2 Å². The smallest absolute Gasteiger partial charge is 0.231 e. The zero-order valence-electron chi connectivity index (χ0n) is 10.2. The molecule has 0 aromatic heterocycles. The number of carbonyl (C=O) groups excluding carboxylic acids is 1. The monoisotopic (exact) mass is 286 g/mol. The Morgan fingerprint density at radius 2 is 2.17 bits per heavy atom. The van der Waals surface area contributed by atoms with Crippen LogP contribution < -0.4 is 10.6 Å². The van der Waals surface area contributed by atoms with Crippen LogP contribution in [0.5, 0.6) is 0 Å². The number of anilines is 1. The zero-order chi connectivity index (χ0) is 13.2. The summed E-state index contributed by atoms with van der Waals surface area (Å²) >= 11 is 11.8. The van der Waals surface area contributed by atoms with Crippen LogP contribution in [0.1, 0.15) is 19.8 Å². The van der Waals surface area contributed by atoms with E-state index < -0.39 is 0 Å². The highest BCUT2D eigenvalue weighted by Crippen LogP contribution is 2.29. The van der Waals surface area contributed by atoms with Gasteiger partial charge in [-0.1, -0.05) is 23.2 Å². The Morgan fingerprint density at radius 1 is 1.39 bits per heavy atom. The Bertz CT molecular complexity index is 456. The summed E-state index contributed by atoms with van der Waals surface area (Å²) in [5.41, 5.74) is 0.325. The molecular formula is C13H16Cl2N2O. The maximum absolute atomic E-state index is 12.3. The summed E-state index contributed by atoms with van der Waals surface area (Å²) in [7, 11) is 0. The van der Waals surface area contributed by atoms with Crippen molar-refractivity contribution in [2.45, 2.75) is 19.8 Å². The van der Waals surface area contributed by atoms with E-state index in [9.17, 15) is 4.79 Å². The second kappa shape index (κ2) is 5.47. The summed E-state index contributed by atoms with van der Waals surface area (Å²) in [4.78, 5) is 12.3. The van der Waals surface area contributed by atoms with Crippen molar-refractivity contribution in [2.24, 2.45) is 5.41 Å². The molecule has 1 aliphatic rings. The molecule has 1 fully saturated rings. The number of hydrogen-bond acceptors (Lipinski definition) is 2. The van der Waals surface area contributed by atoms with Crippen LogP contribution in [0, 0.1) is 5.41 Å². The average molecular weight is 287 g/mol. The Morgan fingerprint density at radius 3 is 2.78 bits per heavy atom. The molecule has 98 valence electrons. The summed E-state index contributed by atoms with van der Waals surface area (Å²) in [5.74, 6) is 0.0214. The van der Waals surface area contributed by atoms with E-state index in [4.69, 9.17) is 23.2 Å². The van der Waals surface area contributed by atoms with Crippen molar-refractivity contribution in [1.29, 1.82) is 0 Å². The van der Waals surface area contributed by atoms with Gasteiger partial charge in [0.1, 0.15) is 0 Å².